The van der Waals surface area contributed by atoms with Crippen LogP contribution in [0.15, 0.2) is 30.3 Å². The van der Waals surface area contributed by atoms with Gasteiger partial charge >= 0.3 is 0 Å². The van der Waals surface area contributed by atoms with Crippen LogP contribution in [-0.2, 0) is 11.2 Å². The fourth-order valence-corrected chi connectivity index (χ4v) is 3.33. The molecule has 0 saturated carbocycles. The monoisotopic (exact) mass is 316 g/mol. The molecule has 0 N–H and O–H groups in total. The minimum atomic E-state index is 0.174. The molecule has 1 aromatic carbocycles. The van der Waals surface area contributed by atoms with Crippen LogP contribution in [0.25, 0.3) is 0 Å². The molecule has 1 nitrogen and oxygen atoms in total. The number of hydrogen-bond acceptors (Lipinski definition) is 1. The number of carbonyl (C=O) groups is 1. The summed E-state index contributed by atoms with van der Waals surface area (Å²) in [7, 11) is 0. The van der Waals surface area contributed by atoms with Gasteiger partial charge in [-0.25, -0.2) is 0 Å². The van der Waals surface area contributed by atoms with Crippen molar-refractivity contribution in [2.45, 2.75) is 91.4 Å². The Bertz CT molecular complexity index is 423. The number of unbranched alkanes of at least 4 members (excludes halogenated alkanes) is 5. The van der Waals surface area contributed by atoms with Gasteiger partial charge in [0.05, 0.1) is 0 Å². The number of carbonyl (C=O) groups excluding carboxylic acids is 1. The zero-order valence-corrected chi connectivity index (χ0v) is 15.6. The Morgan fingerprint density at radius 1 is 0.913 bits per heavy atom. The summed E-state index contributed by atoms with van der Waals surface area (Å²) in [5.41, 5.74) is 1.57. The minimum Gasteiger partial charge on any atom is -0.300 e. The van der Waals surface area contributed by atoms with E-state index in [9.17, 15) is 4.79 Å². The van der Waals surface area contributed by atoms with E-state index in [1.165, 1.54) is 50.5 Å². The summed E-state index contributed by atoms with van der Waals surface area (Å²) < 4.78 is 0. The Hall–Kier alpha value is -1.11. The number of Topliss-reactive ketones (excluding diaryl/α,β-unsaturated/α-hetero) is 1. The summed E-state index contributed by atoms with van der Waals surface area (Å²) in [5, 5.41) is 0. The van der Waals surface area contributed by atoms with Crippen molar-refractivity contribution < 1.29 is 4.79 Å². The van der Waals surface area contributed by atoms with Crippen molar-refractivity contribution in [3.05, 3.63) is 35.9 Å². The van der Waals surface area contributed by atoms with E-state index in [2.05, 4.69) is 44.2 Å². The van der Waals surface area contributed by atoms with Gasteiger partial charge in [0.15, 0.2) is 0 Å². The summed E-state index contributed by atoms with van der Waals surface area (Å²) in [5.74, 6) is 0.423. The molecule has 0 heterocycles. The molecule has 0 aromatic heterocycles. The van der Waals surface area contributed by atoms with E-state index < -0.39 is 0 Å². The van der Waals surface area contributed by atoms with Gasteiger partial charge in [-0.15, -0.1) is 0 Å². The third-order valence-corrected chi connectivity index (χ3v) is 5.01. The topological polar surface area (TPSA) is 17.1 Å². The number of ketones is 1. The molecule has 1 atom stereocenters. The van der Waals surface area contributed by atoms with Crippen LogP contribution in [0.1, 0.15) is 90.5 Å². The third-order valence-electron chi connectivity index (χ3n) is 5.01. The molecule has 1 aromatic rings. The van der Waals surface area contributed by atoms with E-state index in [-0.39, 0.29) is 5.41 Å². The van der Waals surface area contributed by atoms with Crippen molar-refractivity contribution in [1.29, 1.82) is 0 Å². The van der Waals surface area contributed by atoms with E-state index in [0.717, 1.165) is 19.3 Å². The first-order chi connectivity index (χ1) is 11.1. The van der Waals surface area contributed by atoms with Gasteiger partial charge in [-0.3, -0.25) is 4.79 Å². The van der Waals surface area contributed by atoms with Crippen LogP contribution in [0, 0.1) is 5.41 Å². The van der Waals surface area contributed by atoms with Crippen LogP contribution in [0.5, 0.6) is 0 Å². The summed E-state index contributed by atoms with van der Waals surface area (Å²) in [4.78, 5) is 12.0. The maximum Gasteiger partial charge on any atom is 0.133 e. The first-order valence-electron chi connectivity index (χ1n) is 9.65. The lowest BCUT2D eigenvalue weighted by atomic mass is 9.75. The first kappa shape index (κ1) is 19.9. The lowest BCUT2D eigenvalue weighted by Gasteiger charge is -2.29. The van der Waals surface area contributed by atoms with E-state index >= 15 is 0 Å². The molecule has 130 valence electrons. The number of aryl methyl sites for hydroxylation is 1. The average Bonchev–Trinajstić information content (AvgIpc) is 2.57. The Morgan fingerprint density at radius 3 is 2.22 bits per heavy atom. The molecular weight excluding hydrogens is 280 g/mol. The van der Waals surface area contributed by atoms with Crippen LogP contribution in [-0.4, -0.2) is 5.78 Å². The van der Waals surface area contributed by atoms with Gasteiger partial charge in [0.2, 0.25) is 0 Å². The highest BCUT2D eigenvalue weighted by Gasteiger charge is 2.26. The molecule has 0 radical (unpaired) electrons. The summed E-state index contributed by atoms with van der Waals surface area (Å²) in [6.07, 6.45) is 12.8. The SMILES string of the molecule is CCCCCCCC[C@](C)(CCc1ccccc1)CC(=O)CC. The van der Waals surface area contributed by atoms with E-state index in [4.69, 9.17) is 0 Å². The summed E-state index contributed by atoms with van der Waals surface area (Å²) in [6, 6.07) is 10.7. The lowest BCUT2D eigenvalue weighted by molar-refractivity contribution is -0.121. The molecule has 0 spiro atoms. The Kier molecular flexibility index (Phi) is 9.91. The number of rotatable bonds is 13. The predicted octanol–water partition coefficient (Wildman–Crippen LogP) is 6.75. The molecule has 23 heavy (non-hydrogen) atoms. The smallest absolute Gasteiger partial charge is 0.133 e. The summed E-state index contributed by atoms with van der Waals surface area (Å²) in [6.45, 7) is 6.58. The maximum atomic E-state index is 12.0. The molecular formula is C22H36O. The minimum absolute atomic E-state index is 0.174. The van der Waals surface area contributed by atoms with Crippen LogP contribution in [0.3, 0.4) is 0 Å². The number of benzene rings is 1. The molecule has 0 fully saturated rings. The van der Waals surface area contributed by atoms with E-state index in [1.807, 2.05) is 6.92 Å². The average molecular weight is 317 g/mol. The summed E-state index contributed by atoms with van der Waals surface area (Å²) >= 11 is 0. The van der Waals surface area contributed by atoms with Crippen LogP contribution >= 0.6 is 0 Å². The van der Waals surface area contributed by atoms with Crippen molar-refractivity contribution in [3.8, 4) is 0 Å². The fraction of sp³-hybridized carbons (Fsp3) is 0.682. The van der Waals surface area contributed by atoms with Crippen molar-refractivity contribution in [1.82, 2.24) is 0 Å². The quantitative estimate of drug-likeness (QED) is 0.368. The second-order valence-electron chi connectivity index (χ2n) is 7.38. The van der Waals surface area contributed by atoms with Crippen LogP contribution in [0.4, 0.5) is 0 Å². The van der Waals surface area contributed by atoms with Gasteiger partial charge in [0.1, 0.15) is 5.78 Å². The van der Waals surface area contributed by atoms with Gasteiger partial charge in [-0.05, 0) is 30.2 Å². The second-order valence-corrected chi connectivity index (χ2v) is 7.38. The van der Waals surface area contributed by atoms with Crippen LogP contribution < -0.4 is 0 Å². The standard InChI is InChI=1S/C22H36O/c1-4-6-7-8-9-13-17-22(3,19-21(23)5-2)18-16-20-14-11-10-12-15-20/h10-12,14-15H,4-9,13,16-19H2,1-3H3/t22-/m1/s1. The molecule has 1 heteroatoms. The third kappa shape index (κ3) is 8.93. The molecule has 0 unspecified atom stereocenters. The second kappa shape index (κ2) is 11.4. The van der Waals surface area contributed by atoms with Gasteiger partial charge in [0, 0.05) is 12.8 Å². The maximum absolute atomic E-state index is 12.0. The van der Waals surface area contributed by atoms with E-state index in [1.54, 1.807) is 0 Å². The Balaban J connectivity index is 2.46. The van der Waals surface area contributed by atoms with Crippen molar-refractivity contribution >= 4 is 5.78 Å². The predicted molar refractivity (Wildman–Crippen MR) is 101 cm³/mol. The molecule has 0 aliphatic carbocycles. The Labute approximate surface area is 143 Å². The molecule has 0 saturated heterocycles. The van der Waals surface area contributed by atoms with Crippen molar-refractivity contribution in [3.63, 3.8) is 0 Å². The van der Waals surface area contributed by atoms with Crippen molar-refractivity contribution in [2.24, 2.45) is 5.41 Å². The zero-order valence-electron chi connectivity index (χ0n) is 15.6. The number of hydrogen-bond donors (Lipinski definition) is 0. The normalized spacial score (nSPS) is 13.7. The molecule has 0 aliphatic rings. The van der Waals surface area contributed by atoms with Gasteiger partial charge in [0.25, 0.3) is 0 Å². The van der Waals surface area contributed by atoms with Crippen LogP contribution in [0.2, 0.25) is 0 Å². The van der Waals surface area contributed by atoms with E-state index in [0.29, 0.717) is 12.2 Å². The van der Waals surface area contributed by atoms with Gasteiger partial charge < -0.3 is 0 Å². The zero-order chi connectivity index (χ0) is 17.0. The van der Waals surface area contributed by atoms with Gasteiger partial charge in [-0.2, -0.15) is 0 Å². The molecule has 0 amide bonds. The highest BCUT2D eigenvalue weighted by Crippen LogP contribution is 2.34. The fourth-order valence-electron chi connectivity index (χ4n) is 3.33. The highest BCUT2D eigenvalue weighted by molar-refractivity contribution is 5.78. The lowest BCUT2D eigenvalue weighted by Crippen LogP contribution is -2.22. The Morgan fingerprint density at radius 2 is 1.57 bits per heavy atom. The molecule has 1 rings (SSSR count). The highest BCUT2D eigenvalue weighted by atomic mass is 16.1. The van der Waals surface area contributed by atoms with Gasteiger partial charge in [-0.1, -0.05) is 89.6 Å². The molecule has 0 aliphatic heterocycles. The first-order valence-corrected chi connectivity index (χ1v) is 9.65. The van der Waals surface area contributed by atoms with Crippen molar-refractivity contribution in [2.75, 3.05) is 0 Å². The molecule has 0 bridgehead atoms. The largest absolute Gasteiger partial charge is 0.300 e.